The molecular weight excluding hydrogens is 1120 g/mol. The zero-order valence-corrected chi connectivity index (χ0v) is 47.6. The molecule has 4 aliphatic rings. The number of unbranched alkanes of at least 4 members (excludes halogenated alkanes) is 1. The van der Waals surface area contributed by atoms with Crippen LogP contribution in [0.5, 0.6) is 11.5 Å². The molecule has 1 aliphatic carbocycles. The van der Waals surface area contributed by atoms with Crippen molar-refractivity contribution < 1.29 is 42.1 Å². The number of imide groups is 2. The van der Waals surface area contributed by atoms with Gasteiger partial charge in [0.05, 0.1) is 45.4 Å². The van der Waals surface area contributed by atoms with Crippen LogP contribution in [0.1, 0.15) is 101 Å². The van der Waals surface area contributed by atoms with E-state index < -0.39 is 61.1 Å². The van der Waals surface area contributed by atoms with Crippen LogP contribution in [0.3, 0.4) is 0 Å². The molecule has 5 amide bonds. The Balaban J connectivity index is 0.710. The van der Waals surface area contributed by atoms with E-state index in [1.807, 2.05) is 18.2 Å². The largest absolute Gasteiger partial charge is 0.455 e. The number of nitro groups is 1. The van der Waals surface area contributed by atoms with Crippen LogP contribution in [0.4, 0.5) is 22.7 Å². The number of halogens is 1. The first-order valence-electron chi connectivity index (χ1n) is 27.6. The molecule has 25 heteroatoms. The number of rotatable bonds is 20. The molecule has 0 spiro atoms. The summed E-state index contributed by atoms with van der Waals surface area (Å²) in [6.45, 7) is 9.29. The highest BCUT2D eigenvalue weighted by Gasteiger charge is 2.45. The number of pyridine rings is 1. The Morgan fingerprint density at radius 2 is 1.73 bits per heavy atom. The highest BCUT2D eigenvalue weighted by molar-refractivity contribution is 7.90. The van der Waals surface area contributed by atoms with Gasteiger partial charge in [0.15, 0.2) is 0 Å². The summed E-state index contributed by atoms with van der Waals surface area (Å²) in [5.41, 5.74) is 6.18. The minimum Gasteiger partial charge on any atom is -0.455 e. The second-order valence-corrected chi connectivity index (χ2v) is 24.2. The van der Waals surface area contributed by atoms with Gasteiger partial charge in [0, 0.05) is 92.3 Å². The fourth-order valence-electron chi connectivity index (χ4n) is 11.2. The number of amides is 5. The van der Waals surface area contributed by atoms with Crippen molar-refractivity contribution in [2.45, 2.75) is 82.8 Å². The van der Waals surface area contributed by atoms with Crippen LogP contribution in [0.15, 0.2) is 120 Å². The molecule has 5 N–H and O–H groups in total. The molecule has 1 atom stereocenters. The number of aryl methyl sites for hydroxylation is 1. The lowest BCUT2D eigenvalue weighted by atomic mass is 9.72. The van der Waals surface area contributed by atoms with E-state index in [1.54, 1.807) is 47.4 Å². The van der Waals surface area contributed by atoms with Gasteiger partial charge in [-0.25, -0.2) is 18.1 Å². The molecule has 434 valence electrons. The van der Waals surface area contributed by atoms with Crippen LogP contribution >= 0.6 is 11.6 Å². The zero-order valence-electron chi connectivity index (χ0n) is 46.0. The lowest BCUT2D eigenvalue weighted by Crippen LogP contribution is -2.54. The first-order chi connectivity index (χ1) is 40.4. The summed E-state index contributed by atoms with van der Waals surface area (Å²) in [6.07, 6.45) is 9.32. The van der Waals surface area contributed by atoms with E-state index in [-0.39, 0.29) is 52.9 Å². The Morgan fingerprint density at radius 1 is 0.917 bits per heavy atom. The molecule has 4 aromatic carbocycles. The van der Waals surface area contributed by atoms with Gasteiger partial charge in [-0.15, -0.1) is 5.10 Å². The number of carbonyl (C=O) groups is 5. The van der Waals surface area contributed by atoms with E-state index in [9.17, 15) is 42.5 Å². The molecule has 7 aromatic rings. The summed E-state index contributed by atoms with van der Waals surface area (Å²) >= 11 is 6.26. The average molecular weight is 1180 g/mol. The number of carbonyl (C=O) groups excluding carboxylic acids is 5. The van der Waals surface area contributed by atoms with Crippen LogP contribution < -0.4 is 30.3 Å². The summed E-state index contributed by atoms with van der Waals surface area (Å²) in [5.74, 6) is -2.97. The molecule has 0 bridgehead atoms. The van der Waals surface area contributed by atoms with E-state index in [0.29, 0.717) is 66.8 Å². The number of ether oxygens (including phenoxy) is 1. The van der Waals surface area contributed by atoms with Crippen LogP contribution in [-0.2, 0) is 32.7 Å². The molecule has 2 fully saturated rings. The van der Waals surface area contributed by atoms with Gasteiger partial charge in [-0.1, -0.05) is 54.4 Å². The van der Waals surface area contributed by atoms with Crippen molar-refractivity contribution in [1.29, 1.82) is 0 Å². The maximum Gasteiger partial charge on any atom is 0.293 e. The maximum absolute atomic E-state index is 14.1. The number of piperazine rings is 1. The first-order valence-corrected chi connectivity index (χ1v) is 29.5. The normalized spacial score (nSPS) is 17.3. The number of aromatic nitrogens is 5. The number of sulfonamides is 1. The molecule has 84 heavy (non-hydrogen) atoms. The van der Waals surface area contributed by atoms with E-state index in [0.717, 1.165) is 67.0 Å². The number of nitrogens with one attached hydrogen (secondary N) is 5. The van der Waals surface area contributed by atoms with E-state index >= 15 is 0 Å². The number of hydrogen-bond acceptors (Lipinski definition) is 17. The number of piperidine rings is 1. The van der Waals surface area contributed by atoms with Crippen LogP contribution in [-0.4, -0.2) is 123 Å². The molecular formula is C59H60ClN13O10S. The summed E-state index contributed by atoms with van der Waals surface area (Å²) in [7, 11) is -4.69. The molecule has 3 aliphatic heterocycles. The minimum absolute atomic E-state index is 0.00313. The van der Waals surface area contributed by atoms with Crippen molar-refractivity contribution >= 4 is 90.5 Å². The lowest BCUT2D eigenvalue weighted by molar-refractivity contribution is -0.384. The third-order valence-corrected chi connectivity index (χ3v) is 17.3. The monoisotopic (exact) mass is 1180 g/mol. The molecule has 3 aromatic heterocycles. The van der Waals surface area contributed by atoms with Crippen LogP contribution in [0.25, 0.3) is 16.6 Å². The van der Waals surface area contributed by atoms with Gasteiger partial charge in [-0.05, 0) is 116 Å². The second-order valence-electron chi connectivity index (χ2n) is 22.1. The van der Waals surface area contributed by atoms with Gasteiger partial charge in [0.25, 0.3) is 33.4 Å². The number of nitro benzene ring substituents is 1. The Bertz CT molecular complexity index is 3910. The highest BCUT2D eigenvalue weighted by atomic mass is 35.5. The van der Waals surface area contributed by atoms with Gasteiger partial charge in [-0.2, -0.15) is 0 Å². The Labute approximate surface area is 488 Å². The fraction of sp³-hybridized carbons (Fsp3) is 0.322. The molecule has 2 saturated heterocycles. The summed E-state index contributed by atoms with van der Waals surface area (Å²) in [5, 5.41) is 30.6. The molecule has 0 radical (unpaired) electrons. The Hall–Kier alpha value is -9.00. The topological polar surface area (TPSA) is 289 Å². The average Bonchev–Trinajstić information content (AvgIpc) is 3.23. The maximum atomic E-state index is 14.1. The fourth-order valence-corrected chi connectivity index (χ4v) is 12.3. The van der Waals surface area contributed by atoms with Crippen LogP contribution in [0, 0.1) is 15.5 Å². The molecule has 6 heterocycles. The number of hydrogen-bond donors (Lipinski definition) is 5. The molecule has 11 rings (SSSR count). The predicted octanol–water partition coefficient (Wildman–Crippen LogP) is 8.32. The Morgan fingerprint density at radius 3 is 2.51 bits per heavy atom. The smallest absolute Gasteiger partial charge is 0.293 e. The quantitative estimate of drug-likeness (QED) is 0.0207. The number of anilines is 3. The Kier molecular flexibility index (Phi) is 16.0. The zero-order chi connectivity index (χ0) is 58.9. The summed E-state index contributed by atoms with van der Waals surface area (Å²) < 4.78 is 37.9. The third kappa shape index (κ3) is 12.4. The second kappa shape index (κ2) is 23.7. The van der Waals surface area contributed by atoms with Gasteiger partial charge >= 0.3 is 0 Å². The number of benzene rings is 4. The first kappa shape index (κ1) is 56.8. The molecule has 1 unspecified atom stereocenters. The minimum atomic E-state index is -4.69. The van der Waals surface area contributed by atoms with Gasteiger partial charge < -0.3 is 25.3 Å². The van der Waals surface area contributed by atoms with E-state index in [1.165, 1.54) is 41.1 Å². The van der Waals surface area contributed by atoms with Crippen molar-refractivity contribution in [3.8, 4) is 11.5 Å². The van der Waals surface area contributed by atoms with Crippen molar-refractivity contribution in [3.63, 3.8) is 0 Å². The number of fused-ring (bicyclic) bond motifs is 2. The van der Waals surface area contributed by atoms with Crippen LogP contribution in [0.2, 0.25) is 5.02 Å². The molecule has 23 nitrogen and oxygen atoms in total. The SMILES string of the molecule is CC1(C)CCC(CN2CCN(c3ccc(C(=O)NS(=O)(=O)c4ccc(NCc5cn(CCCCNc6cccc7c6C(=O)N(C6CCC(=O)NC6=O)C7=O)nn5)c([N+](=O)[O-])c4)c(Oc4cnc5[nH]ccc5c4)c3)CC2)=C(c2ccc(Cl)cc2)C1. The van der Waals surface area contributed by atoms with E-state index in [4.69, 9.17) is 16.3 Å². The van der Waals surface area contributed by atoms with Gasteiger partial charge in [0.1, 0.15) is 34.6 Å². The molecule has 0 saturated carbocycles. The predicted molar refractivity (Wildman–Crippen MR) is 313 cm³/mol. The van der Waals surface area contributed by atoms with Crippen molar-refractivity contribution in [2.24, 2.45) is 5.41 Å². The third-order valence-electron chi connectivity index (χ3n) is 15.7. The lowest BCUT2D eigenvalue weighted by Gasteiger charge is -2.39. The van der Waals surface area contributed by atoms with Gasteiger partial charge in [-0.3, -0.25) is 53.9 Å². The van der Waals surface area contributed by atoms with Crippen molar-refractivity contribution in [3.05, 3.63) is 158 Å². The summed E-state index contributed by atoms with van der Waals surface area (Å²) in [6, 6.07) is 23.7. The van der Waals surface area contributed by atoms with Gasteiger partial charge in [0.2, 0.25) is 11.8 Å². The number of nitrogens with zero attached hydrogens (tertiary/aromatic N) is 8. The van der Waals surface area contributed by atoms with E-state index in [2.05, 4.69) is 76.7 Å². The highest BCUT2D eigenvalue weighted by Crippen LogP contribution is 2.44. The van der Waals surface area contributed by atoms with Crippen molar-refractivity contribution in [2.75, 3.05) is 54.8 Å². The summed E-state index contributed by atoms with van der Waals surface area (Å²) in [4.78, 5) is 89.2. The van der Waals surface area contributed by atoms with Crippen molar-refractivity contribution in [1.82, 2.24) is 44.8 Å². The number of aromatic amines is 1. The number of allylic oxidation sites excluding steroid dienone is 1. The standard InChI is InChI=1S/C59H60ClN13O10S/c1-59(2)20-18-38(46(31-59)36-8-10-39(60)11-9-36)34-69-24-26-70(27-25-69)41-12-14-44(51(29-41)83-42-28-37-19-22-62-54(37)64-33-42)55(75)67-84(81,82)43-13-15-47(50(30-43)73(79)80)63-32-40-35-71(68-66-40)23-4-3-21-61-48-7-5-6-45-53(48)58(78)72(57(45)77)49-16-17-52(74)65-56(49)76/h5-15,19,22,28-30,33,35,49,61,63H,3-4,16-18,20-21,23-27,31-32,34H2,1-2H3,(H,62,64)(H,67,75)(H,65,74,76). The number of H-pyrrole nitrogens is 1.